The van der Waals surface area contributed by atoms with E-state index in [4.69, 9.17) is 10.5 Å². The minimum Gasteiger partial charge on any atom is -0.465 e. The fraction of sp³-hybridized carbons (Fsp3) is 0.562. The third-order valence-electron chi connectivity index (χ3n) is 4.01. The molecule has 0 saturated carbocycles. The van der Waals surface area contributed by atoms with E-state index in [-0.39, 0.29) is 5.97 Å². The summed E-state index contributed by atoms with van der Waals surface area (Å²) in [5.74, 6) is 0.960. The Bertz CT molecular complexity index is 503. The molecule has 1 aliphatic rings. The number of rotatable bonds is 2. The van der Waals surface area contributed by atoms with Crippen LogP contribution in [0, 0.1) is 18.8 Å². The number of nitrogen functional groups attached to an aromatic ring is 1. The molecule has 1 aliphatic heterocycles. The molecule has 1 fully saturated rings. The van der Waals surface area contributed by atoms with Crippen molar-refractivity contribution in [3.8, 4) is 0 Å². The summed E-state index contributed by atoms with van der Waals surface area (Å²) < 4.78 is 4.82. The molecule has 2 atom stereocenters. The summed E-state index contributed by atoms with van der Waals surface area (Å²) in [6.07, 6.45) is 1.26. The zero-order valence-electron chi connectivity index (χ0n) is 12.8. The number of esters is 1. The Hall–Kier alpha value is -1.71. The van der Waals surface area contributed by atoms with E-state index < -0.39 is 0 Å². The van der Waals surface area contributed by atoms with Crippen molar-refractivity contribution >= 4 is 17.3 Å². The van der Waals surface area contributed by atoms with Crippen molar-refractivity contribution in [1.29, 1.82) is 0 Å². The summed E-state index contributed by atoms with van der Waals surface area (Å²) in [7, 11) is 1.38. The second-order valence-corrected chi connectivity index (χ2v) is 6.07. The van der Waals surface area contributed by atoms with Gasteiger partial charge in [0.25, 0.3) is 0 Å². The Morgan fingerprint density at radius 2 is 1.90 bits per heavy atom. The SMILES string of the molecule is COC(=O)c1cc(N2CC(C)CC(C)C2)cc(C)c1N. The molecule has 0 amide bonds. The number of ether oxygens (including phenoxy) is 1. The lowest BCUT2D eigenvalue weighted by molar-refractivity contribution is 0.0602. The maximum Gasteiger partial charge on any atom is 0.340 e. The van der Waals surface area contributed by atoms with Crippen molar-refractivity contribution < 1.29 is 9.53 Å². The smallest absolute Gasteiger partial charge is 0.340 e. The lowest BCUT2D eigenvalue weighted by Gasteiger charge is -2.37. The summed E-state index contributed by atoms with van der Waals surface area (Å²) in [5, 5.41) is 0. The van der Waals surface area contributed by atoms with E-state index in [0.29, 0.717) is 23.1 Å². The van der Waals surface area contributed by atoms with Gasteiger partial charge in [0.2, 0.25) is 0 Å². The normalized spacial score (nSPS) is 22.7. The van der Waals surface area contributed by atoms with Crippen LogP contribution in [0.4, 0.5) is 11.4 Å². The first-order valence-electron chi connectivity index (χ1n) is 7.15. The summed E-state index contributed by atoms with van der Waals surface area (Å²) in [6.45, 7) is 8.52. The van der Waals surface area contributed by atoms with Crippen molar-refractivity contribution in [1.82, 2.24) is 0 Å². The maximum absolute atomic E-state index is 11.8. The monoisotopic (exact) mass is 276 g/mol. The van der Waals surface area contributed by atoms with E-state index in [1.807, 2.05) is 13.0 Å². The zero-order chi connectivity index (χ0) is 14.9. The van der Waals surface area contributed by atoms with Crippen molar-refractivity contribution in [2.24, 2.45) is 11.8 Å². The molecule has 1 aromatic carbocycles. The summed E-state index contributed by atoms with van der Waals surface area (Å²) in [4.78, 5) is 14.2. The average Bonchev–Trinajstić information content (AvgIpc) is 2.39. The van der Waals surface area contributed by atoms with Gasteiger partial charge in [0, 0.05) is 24.5 Å². The van der Waals surface area contributed by atoms with Crippen LogP contribution in [0.5, 0.6) is 0 Å². The minimum atomic E-state index is -0.370. The van der Waals surface area contributed by atoms with Crippen LogP contribution >= 0.6 is 0 Å². The van der Waals surface area contributed by atoms with Crippen LogP contribution < -0.4 is 10.6 Å². The van der Waals surface area contributed by atoms with Crippen LogP contribution in [0.3, 0.4) is 0 Å². The van der Waals surface area contributed by atoms with Gasteiger partial charge < -0.3 is 15.4 Å². The summed E-state index contributed by atoms with van der Waals surface area (Å²) in [6, 6.07) is 3.92. The number of nitrogens with two attached hydrogens (primary N) is 1. The van der Waals surface area contributed by atoms with E-state index in [0.717, 1.165) is 24.3 Å². The highest BCUT2D eigenvalue weighted by Gasteiger charge is 2.23. The average molecular weight is 276 g/mol. The van der Waals surface area contributed by atoms with Crippen LogP contribution in [-0.4, -0.2) is 26.2 Å². The highest BCUT2D eigenvalue weighted by molar-refractivity contribution is 5.97. The predicted molar refractivity (Wildman–Crippen MR) is 82.1 cm³/mol. The number of hydrogen-bond donors (Lipinski definition) is 1. The lowest BCUT2D eigenvalue weighted by atomic mass is 9.91. The van der Waals surface area contributed by atoms with E-state index in [1.54, 1.807) is 0 Å². The van der Waals surface area contributed by atoms with Crippen molar-refractivity contribution in [3.05, 3.63) is 23.3 Å². The molecule has 0 aromatic heterocycles. The number of nitrogens with zero attached hydrogens (tertiary/aromatic N) is 1. The van der Waals surface area contributed by atoms with Gasteiger partial charge in [-0.15, -0.1) is 0 Å². The van der Waals surface area contributed by atoms with Crippen LogP contribution in [0.25, 0.3) is 0 Å². The first-order valence-corrected chi connectivity index (χ1v) is 7.15. The van der Waals surface area contributed by atoms with Crippen LogP contribution in [-0.2, 0) is 4.74 Å². The summed E-state index contributed by atoms with van der Waals surface area (Å²) >= 11 is 0. The van der Waals surface area contributed by atoms with Crippen molar-refractivity contribution in [2.75, 3.05) is 30.8 Å². The fourth-order valence-electron chi connectivity index (χ4n) is 3.11. The summed E-state index contributed by atoms with van der Waals surface area (Å²) in [5.41, 5.74) is 8.96. The van der Waals surface area contributed by atoms with Gasteiger partial charge in [0.05, 0.1) is 12.7 Å². The Labute approximate surface area is 120 Å². The topological polar surface area (TPSA) is 55.6 Å². The number of carbonyl (C=O) groups excluding carboxylic acids is 1. The lowest BCUT2D eigenvalue weighted by Crippen LogP contribution is -2.38. The third-order valence-corrected chi connectivity index (χ3v) is 4.01. The molecule has 0 aliphatic carbocycles. The molecule has 1 aromatic rings. The molecule has 110 valence electrons. The fourth-order valence-corrected chi connectivity index (χ4v) is 3.11. The molecule has 0 radical (unpaired) electrons. The molecular formula is C16H24N2O2. The molecule has 0 spiro atoms. The molecule has 1 saturated heterocycles. The third kappa shape index (κ3) is 2.89. The standard InChI is InChI=1S/C16H24N2O2/c1-10-5-11(2)9-18(8-10)13-6-12(3)15(17)14(7-13)16(19)20-4/h6-7,10-11H,5,8-9,17H2,1-4H3. The van der Waals surface area contributed by atoms with Gasteiger partial charge >= 0.3 is 5.97 Å². The van der Waals surface area contributed by atoms with Gasteiger partial charge in [-0.1, -0.05) is 13.8 Å². The Balaban J connectivity index is 2.37. The first-order chi connectivity index (χ1) is 9.42. The molecule has 2 rings (SSSR count). The van der Waals surface area contributed by atoms with E-state index in [1.165, 1.54) is 13.5 Å². The molecule has 4 nitrogen and oxygen atoms in total. The Morgan fingerprint density at radius 1 is 1.30 bits per heavy atom. The van der Waals surface area contributed by atoms with Crippen LogP contribution in [0.1, 0.15) is 36.2 Å². The van der Waals surface area contributed by atoms with Crippen LogP contribution in [0.15, 0.2) is 12.1 Å². The molecule has 2 N–H and O–H groups in total. The van der Waals surface area contributed by atoms with Gasteiger partial charge in [-0.05, 0) is 42.9 Å². The van der Waals surface area contributed by atoms with Gasteiger partial charge in [0.15, 0.2) is 0 Å². The van der Waals surface area contributed by atoms with Gasteiger partial charge in [-0.3, -0.25) is 0 Å². The highest BCUT2D eigenvalue weighted by Crippen LogP contribution is 2.30. The molecule has 0 bridgehead atoms. The quantitative estimate of drug-likeness (QED) is 0.666. The van der Waals surface area contributed by atoms with Gasteiger partial charge in [-0.25, -0.2) is 4.79 Å². The zero-order valence-corrected chi connectivity index (χ0v) is 12.8. The second-order valence-electron chi connectivity index (χ2n) is 6.07. The number of methoxy groups -OCH3 is 1. The number of benzene rings is 1. The van der Waals surface area contributed by atoms with Crippen molar-refractivity contribution in [2.45, 2.75) is 27.2 Å². The number of aryl methyl sites for hydroxylation is 1. The van der Waals surface area contributed by atoms with Gasteiger partial charge in [0.1, 0.15) is 0 Å². The maximum atomic E-state index is 11.8. The van der Waals surface area contributed by atoms with E-state index in [2.05, 4.69) is 24.8 Å². The Kier molecular flexibility index (Phi) is 4.21. The number of piperidine rings is 1. The number of anilines is 2. The first kappa shape index (κ1) is 14.7. The van der Waals surface area contributed by atoms with Gasteiger partial charge in [-0.2, -0.15) is 0 Å². The number of hydrogen-bond acceptors (Lipinski definition) is 4. The predicted octanol–water partition coefficient (Wildman–Crippen LogP) is 2.85. The molecule has 20 heavy (non-hydrogen) atoms. The van der Waals surface area contributed by atoms with E-state index in [9.17, 15) is 4.79 Å². The van der Waals surface area contributed by atoms with Crippen LogP contribution in [0.2, 0.25) is 0 Å². The second kappa shape index (κ2) is 5.73. The number of carbonyl (C=O) groups is 1. The van der Waals surface area contributed by atoms with Crippen molar-refractivity contribution in [3.63, 3.8) is 0 Å². The van der Waals surface area contributed by atoms with E-state index >= 15 is 0 Å². The molecule has 4 heteroatoms. The molecular weight excluding hydrogens is 252 g/mol. The minimum absolute atomic E-state index is 0.370. The highest BCUT2D eigenvalue weighted by atomic mass is 16.5. The molecule has 1 heterocycles. The molecule has 2 unspecified atom stereocenters. The Morgan fingerprint density at radius 3 is 2.45 bits per heavy atom. The largest absolute Gasteiger partial charge is 0.465 e.